The normalized spacial score (nSPS) is 11.4. The number of benzene rings is 4. The lowest BCUT2D eigenvalue weighted by Gasteiger charge is -2.14. The molecule has 0 aliphatic carbocycles. The van der Waals surface area contributed by atoms with E-state index in [-0.39, 0.29) is 18.4 Å². The number of rotatable bonds is 12. The van der Waals surface area contributed by atoms with Crippen LogP contribution in [0.2, 0.25) is 0 Å². The van der Waals surface area contributed by atoms with E-state index in [4.69, 9.17) is 4.74 Å². The molecule has 0 fully saturated rings. The number of ether oxygens (including phenoxy) is 1. The average molecular weight is 576 g/mol. The predicted octanol–water partition coefficient (Wildman–Crippen LogP) is 6.82. The molecule has 4 rings (SSSR count). The van der Waals surface area contributed by atoms with Crippen LogP contribution in [0.1, 0.15) is 42.0 Å². The molecule has 0 radical (unpaired) electrons. The fraction of sp³-hybridized carbons (Fsp3) is 0.297. The molecule has 0 saturated heterocycles. The van der Waals surface area contributed by atoms with E-state index >= 15 is 0 Å². The maximum Gasteiger partial charge on any atom is 0.407 e. The number of nitrogens with zero attached hydrogens (tertiary/aromatic N) is 1. The first-order valence-corrected chi connectivity index (χ1v) is 14.9. The average Bonchev–Trinajstić information content (AvgIpc) is 3.01. The number of alkyl carbamates (subject to hydrolysis) is 1. The summed E-state index contributed by atoms with van der Waals surface area (Å²) >= 11 is 0. The standard InChI is InChI=1S/C37H41N3O3/c1-28(36(41)39-35-20-16-29(17-21-35)13-9-23-40(2)3)24-32-15-19-33-25-30(14-18-34(33)26-32)10-7-8-22-38-37(42)43-27-31-11-5-4-6-12-31/h4-6,11-12,14-21,25-26,28H,8-9,13,22-24,27H2,1-3H3,(H,38,42)(H,39,41)/t28-/m0/s1. The molecular formula is C37H41N3O3. The molecule has 4 aromatic carbocycles. The Kier molecular flexibility index (Phi) is 11.8. The lowest BCUT2D eigenvalue weighted by atomic mass is 9.97. The highest BCUT2D eigenvalue weighted by molar-refractivity contribution is 5.92. The Balaban J connectivity index is 1.21. The molecule has 0 heterocycles. The number of hydrogen-bond acceptors (Lipinski definition) is 4. The summed E-state index contributed by atoms with van der Waals surface area (Å²) in [7, 11) is 4.17. The first kappa shape index (κ1) is 31.3. The van der Waals surface area contributed by atoms with Crippen molar-refractivity contribution < 1.29 is 14.3 Å². The number of carbonyl (C=O) groups excluding carboxylic acids is 2. The van der Waals surface area contributed by atoms with Gasteiger partial charge in [0.1, 0.15) is 6.61 Å². The minimum absolute atomic E-state index is 0.0185. The van der Waals surface area contributed by atoms with Crippen molar-refractivity contribution in [3.05, 3.63) is 113 Å². The molecule has 0 saturated carbocycles. The fourth-order valence-corrected chi connectivity index (χ4v) is 4.73. The quantitative estimate of drug-likeness (QED) is 0.144. The van der Waals surface area contributed by atoms with Gasteiger partial charge in [-0.3, -0.25) is 4.79 Å². The Bertz CT molecular complexity index is 1550. The van der Waals surface area contributed by atoms with Crippen molar-refractivity contribution in [2.24, 2.45) is 5.92 Å². The molecule has 0 unspecified atom stereocenters. The number of nitrogens with one attached hydrogen (secondary N) is 2. The minimum Gasteiger partial charge on any atom is -0.445 e. The number of fused-ring (bicyclic) bond motifs is 1. The van der Waals surface area contributed by atoms with Gasteiger partial charge in [0.15, 0.2) is 0 Å². The number of anilines is 1. The molecule has 2 amide bonds. The molecule has 222 valence electrons. The summed E-state index contributed by atoms with van der Waals surface area (Å²) in [6.45, 7) is 3.70. The van der Waals surface area contributed by atoms with Gasteiger partial charge in [-0.15, -0.1) is 0 Å². The van der Waals surface area contributed by atoms with E-state index in [0.717, 1.165) is 52.5 Å². The molecule has 43 heavy (non-hydrogen) atoms. The zero-order valence-corrected chi connectivity index (χ0v) is 25.4. The van der Waals surface area contributed by atoms with Crippen molar-refractivity contribution in [2.45, 2.75) is 39.2 Å². The Labute approximate surface area is 255 Å². The number of amides is 2. The van der Waals surface area contributed by atoms with Crippen LogP contribution in [0.3, 0.4) is 0 Å². The van der Waals surface area contributed by atoms with Gasteiger partial charge in [-0.1, -0.05) is 85.5 Å². The maximum atomic E-state index is 12.9. The smallest absolute Gasteiger partial charge is 0.407 e. The van der Waals surface area contributed by atoms with Crippen LogP contribution in [0.15, 0.2) is 91.0 Å². The van der Waals surface area contributed by atoms with Crippen molar-refractivity contribution in [2.75, 3.05) is 32.5 Å². The van der Waals surface area contributed by atoms with Crippen LogP contribution in [0.25, 0.3) is 10.8 Å². The van der Waals surface area contributed by atoms with Gasteiger partial charge >= 0.3 is 6.09 Å². The third-order valence-electron chi connectivity index (χ3n) is 7.15. The molecule has 4 aromatic rings. The van der Waals surface area contributed by atoms with E-state index in [1.807, 2.05) is 55.5 Å². The van der Waals surface area contributed by atoms with Crippen LogP contribution in [0.4, 0.5) is 10.5 Å². The van der Waals surface area contributed by atoms with Crippen LogP contribution >= 0.6 is 0 Å². The van der Waals surface area contributed by atoms with Crippen molar-refractivity contribution in [1.82, 2.24) is 10.2 Å². The molecule has 0 aliphatic rings. The summed E-state index contributed by atoms with van der Waals surface area (Å²) in [5.41, 5.74) is 5.11. The second-order valence-corrected chi connectivity index (χ2v) is 11.1. The largest absolute Gasteiger partial charge is 0.445 e. The minimum atomic E-state index is -0.445. The second-order valence-electron chi connectivity index (χ2n) is 11.1. The van der Waals surface area contributed by atoms with Crippen molar-refractivity contribution >= 4 is 28.5 Å². The lowest BCUT2D eigenvalue weighted by Crippen LogP contribution is -2.24. The summed E-state index contributed by atoms with van der Waals surface area (Å²) in [5.74, 6) is 6.15. The summed E-state index contributed by atoms with van der Waals surface area (Å²) in [6, 6.07) is 30.2. The van der Waals surface area contributed by atoms with E-state index in [1.54, 1.807) is 0 Å². The van der Waals surface area contributed by atoms with Crippen LogP contribution in [0.5, 0.6) is 0 Å². The molecule has 0 aliphatic heterocycles. The van der Waals surface area contributed by atoms with E-state index < -0.39 is 6.09 Å². The molecule has 1 atom stereocenters. The van der Waals surface area contributed by atoms with Gasteiger partial charge in [-0.25, -0.2) is 4.79 Å². The molecule has 6 nitrogen and oxygen atoms in total. The predicted molar refractivity (Wildman–Crippen MR) is 175 cm³/mol. The Morgan fingerprint density at radius 3 is 2.35 bits per heavy atom. The van der Waals surface area contributed by atoms with Gasteiger partial charge in [0.2, 0.25) is 5.91 Å². The topological polar surface area (TPSA) is 70.7 Å². The third kappa shape index (κ3) is 10.6. The van der Waals surface area contributed by atoms with Crippen molar-refractivity contribution in [1.29, 1.82) is 0 Å². The Morgan fingerprint density at radius 1 is 0.860 bits per heavy atom. The van der Waals surface area contributed by atoms with Gasteiger partial charge in [0.05, 0.1) is 0 Å². The lowest BCUT2D eigenvalue weighted by molar-refractivity contribution is -0.119. The highest BCUT2D eigenvalue weighted by Gasteiger charge is 2.14. The molecule has 2 N–H and O–H groups in total. The van der Waals surface area contributed by atoms with E-state index in [0.29, 0.717) is 19.4 Å². The Morgan fingerprint density at radius 2 is 1.58 bits per heavy atom. The molecule has 6 heteroatoms. The van der Waals surface area contributed by atoms with E-state index in [1.165, 1.54) is 5.56 Å². The van der Waals surface area contributed by atoms with Gasteiger partial charge in [-0.05, 0) is 91.6 Å². The summed E-state index contributed by atoms with van der Waals surface area (Å²) in [5, 5.41) is 8.01. The Hall–Kier alpha value is -4.60. The number of hydrogen-bond donors (Lipinski definition) is 2. The van der Waals surface area contributed by atoms with Crippen LogP contribution in [-0.2, 0) is 29.0 Å². The fourth-order valence-electron chi connectivity index (χ4n) is 4.73. The highest BCUT2D eigenvalue weighted by atomic mass is 16.5. The third-order valence-corrected chi connectivity index (χ3v) is 7.15. The summed E-state index contributed by atoms with van der Waals surface area (Å²) in [4.78, 5) is 26.9. The van der Waals surface area contributed by atoms with Crippen LogP contribution in [-0.4, -0.2) is 44.1 Å². The molecule has 0 aromatic heterocycles. The second kappa shape index (κ2) is 16.1. The SMILES string of the molecule is C[C@@H](Cc1ccc2cc(C#CCCNC(=O)OCc3ccccc3)ccc2c1)C(=O)Nc1ccc(CCCN(C)C)cc1. The molecular weight excluding hydrogens is 534 g/mol. The molecule has 0 spiro atoms. The number of carbonyl (C=O) groups is 2. The van der Waals surface area contributed by atoms with E-state index in [9.17, 15) is 9.59 Å². The van der Waals surface area contributed by atoms with E-state index in [2.05, 4.69) is 83.9 Å². The number of aryl methyl sites for hydroxylation is 1. The van der Waals surface area contributed by atoms with Gasteiger partial charge in [0, 0.05) is 30.1 Å². The zero-order chi connectivity index (χ0) is 30.4. The highest BCUT2D eigenvalue weighted by Crippen LogP contribution is 2.21. The van der Waals surface area contributed by atoms with Gasteiger partial charge in [-0.2, -0.15) is 0 Å². The van der Waals surface area contributed by atoms with Gasteiger partial charge in [0.25, 0.3) is 0 Å². The van der Waals surface area contributed by atoms with Crippen LogP contribution < -0.4 is 10.6 Å². The van der Waals surface area contributed by atoms with Crippen molar-refractivity contribution in [3.63, 3.8) is 0 Å². The first-order valence-electron chi connectivity index (χ1n) is 14.9. The van der Waals surface area contributed by atoms with Gasteiger partial charge < -0.3 is 20.3 Å². The van der Waals surface area contributed by atoms with Crippen molar-refractivity contribution in [3.8, 4) is 11.8 Å². The maximum absolute atomic E-state index is 12.9. The first-order chi connectivity index (χ1) is 20.9. The monoisotopic (exact) mass is 575 g/mol. The zero-order valence-electron chi connectivity index (χ0n) is 25.4. The summed E-state index contributed by atoms with van der Waals surface area (Å²) < 4.78 is 5.21. The van der Waals surface area contributed by atoms with Crippen LogP contribution in [0, 0.1) is 17.8 Å². The molecule has 0 bridgehead atoms. The summed E-state index contributed by atoms with van der Waals surface area (Å²) in [6.07, 6.45) is 2.89.